The van der Waals surface area contributed by atoms with Gasteiger partial charge in [0, 0.05) is 10.8 Å². The Morgan fingerprint density at radius 2 is 1.90 bits per heavy atom. The summed E-state index contributed by atoms with van der Waals surface area (Å²) in [6.45, 7) is 0. The molecule has 1 aromatic carbocycles. The van der Waals surface area contributed by atoms with Crippen molar-refractivity contribution >= 4 is 11.8 Å². The highest BCUT2D eigenvalue weighted by molar-refractivity contribution is 7.99. The average molecular weight is 290 g/mol. The largest absolute Gasteiger partial charge is 0.392 e. The third kappa shape index (κ3) is 2.66. The quantitative estimate of drug-likeness (QED) is 0.846. The van der Waals surface area contributed by atoms with Crippen LogP contribution in [0.3, 0.4) is 0 Å². The molecular weight excluding hydrogens is 272 g/mol. The van der Waals surface area contributed by atoms with Crippen LogP contribution in [-0.4, -0.2) is 31.3 Å². The van der Waals surface area contributed by atoms with Crippen molar-refractivity contribution in [3.05, 3.63) is 30.3 Å². The molecule has 2 aromatic rings. The molecule has 1 aromatic heterocycles. The van der Waals surface area contributed by atoms with Crippen molar-refractivity contribution in [1.82, 2.24) is 14.9 Å². The monoisotopic (exact) mass is 290 g/mol. The lowest BCUT2D eigenvalue weighted by molar-refractivity contribution is 0.137. The Morgan fingerprint density at radius 3 is 2.65 bits per heavy atom. The molecule has 0 spiro atoms. The zero-order valence-electron chi connectivity index (χ0n) is 11.1. The number of aliphatic hydroxyl groups excluding tert-OH is 1. The molecule has 6 heteroatoms. The number of hydrogen-bond donors (Lipinski definition) is 2. The standard InChI is InChI=1S/C14H18N4OS/c15-18-13(10-6-2-1-3-7-10)16-17-14(18)20-12-9-5-4-8-11(12)19/h1-3,6-7,11-12,19H,4-5,8-9,15H2. The summed E-state index contributed by atoms with van der Waals surface area (Å²) in [4.78, 5) is 0. The van der Waals surface area contributed by atoms with Gasteiger partial charge in [0.2, 0.25) is 5.16 Å². The fourth-order valence-corrected chi connectivity index (χ4v) is 3.63. The summed E-state index contributed by atoms with van der Waals surface area (Å²) >= 11 is 1.53. The lowest BCUT2D eigenvalue weighted by Gasteiger charge is -2.26. The van der Waals surface area contributed by atoms with Gasteiger partial charge in [-0.1, -0.05) is 54.9 Å². The van der Waals surface area contributed by atoms with E-state index in [0.29, 0.717) is 11.0 Å². The van der Waals surface area contributed by atoms with Crippen molar-refractivity contribution in [2.45, 2.75) is 42.2 Å². The van der Waals surface area contributed by atoms with E-state index in [9.17, 15) is 5.11 Å². The van der Waals surface area contributed by atoms with Gasteiger partial charge in [-0.05, 0) is 12.8 Å². The molecule has 1 aliphatic rings. The van der Waals surface area contributed by atoms with Crippen molar-refractivity contribution in [3.63, 3.8) is 0 Å². The van der Waals surface area contributed by atoms with Gasteiger partial charge in [0.1, 0.15) is 0 Å². The zero-order valence-corrected chi connectivity index (χ0v) is 12.0. The first-order valence-electron chi connectivity index (χ1n) is 6.86. The minimum Gasteiger partial charge on any atom is -0.392 e. The molecule has 0 bridgehead atoms. The van der Waals surface area contributed by atoms with E-state index in [0.717, 1.165) is 31.2 Å². The highest BCUT2D eigenvalue weighted by atomic mass is 32.2. The number of rotatable bonds is 3. The second-order valence-electron chi connectivity index (χ2n) is 5.05. The van der Waals surface area contributed by atoms with Crippen LogP contribution in [0.15, 0.2) is 35.5 Å². The molecule has 0 radical (unpaired) electrons. The molecule has 1 fully saturated rings. The molecule has 0 amide bonds. The molecule has 0 saturated heterocycles. The molecule has 3 rings (SSSR count). The number of nitrogens with two attached hydrogens (primary N) is 1. The second-order valence-corrected chi connectivity index (χ2v) is 6.26. The van der Waals surface area contributed by atoms with Crippen LogP contribution in [0, 0.1) is 0 Å². The Morgan fingerprint density at radius 1 is 1.15 bits per heavy atom. The van der Waals surface area contributed by atoms with Gasteiger partial charge in [0.25, 0.3) is 0 Å². The smallest absolute Gasteiger partial charge is 0.210 e. The van der Waals surface area contributed by atoms with Crippen LogP contribution in [0.4, 0.5) is 0 Å². The second kappa shape index (κ2) is 5.85. The molecule has 1 heterocycles. The summed E-state index contributed by atoms with van der Waals surface area (Å²) in [5.41, 5.74) is 0.943. The number of nitrogens with zero attached hydrogens (tertiary/aromatic N) is 3. The molecule has 1 saturated carbocycles. The third-order valence-corrected chi connectivity index (χ3v) is 4.96. The molecule has 20 heavy (non-hydrogen) atoms. The van der Waals surface area contributed by atoms with E-state index >= 15 is 0 Å². The Balaban J connectivity index is 1.80. The minimum absolute atomic E-state index is 0.166. The Labute approximate surface area is 122 Å². The van der Waals surface area contributed by atoms with Crippen molar-refractivity contribution in [3.8, 4) is 11.4 Å². The molecule has 3 N–H and O–H groups in total. The normalized spacial score (nSPS) is 22.9. The Bertz CT molecular complexity index is 572. The van der Waals surface area contributed by atoms with Gasteiger partial charge >= 0.3 is 0 Å². The van der Waals surface area contributed by atoms with E-state index in [1.165, 1.54) is 16.4 Å². The lowest BCUT2D eigenvalue weighted by atomic mass is 9.97. The molecule has 0 aliphatic heterocycles. The van der Waals surface area contributed by atoms with Crippen LogP contribution in [-0.2, 0) is 0 Å². The van der Waals surface area contributed by atoms with Crippen molar-refractivity contribution in [1.29, 1.82) is 0 Å². The summed E-state index contributed by atoms with van der Waals surface area (Å²) in [7, 11) is 0. The van der Waals surface area contributed by atoms with E-state index in [-0.39, 0.29) is 11.4 Å². The van der Waals surface area contributed by atoms with E-state index in [1.807, 2.05) is 30.3 Å². The zero-order chi connectivity index (χ0) is 13.9. The fraction of sp³-hybridized carbons (Fsp3) is 0.429. The van der Waals surface area contributed by atoms with Crippen LogP contribution < -0.4 is 5.84 Å². The highest BCUT2D eigenvalue weighted by Crippen LogP contribution is 2.33. The maximum atomic E-state index is 10.0. The van der Waals surface area contributed by atoms with Crippen LogP contribution in [0.25, 0.3) is 11.4 Å². The van der Waals surface area contributed by atoms with Gasteiger partial charge in [-0.25, -0.2) is 4.68 Å². The minimum atomic E-state index is -0.273. The molecule has 2 atom stereocenters. The number of nitrogen functional groups attached to an aromatic ring is 1. The van der Waals surface area contributed by atoms with Crippen LogP contribution in [0.1, 0.15) is 25.7 Å². The first-order chi connectivity index (χ1) is 9.75. The van der Waals surface area contributed by atoms with Crippen molar-refractivity contribution in [2.75, 3.05) is 5.84 Å². The molecular formula is C14H18N4OS. The van der Waals surface area contributed by atoms with E-state index in [1.54, 1.807) is 0 Å². The van der Waals surface area contributed by atoms with Crippen LogP contribution in [0.2, 0.25) is 0 Å². The number of thioether (sulfide) groups is 1. The number of hydrogen-bond acceptors (Lipinski definition) is 5. The summed E-state index contributed by atoms with van der Waals surface area (Å²) in [6, 6.07) is 9.76. The number of aromatic nitrogens is 3. The summed E-state index contributed by atoms with van der Waals surface area (Å²) < 4.78 is 1.52. The maximum absolute atomic E-state index is 10.0. The SMILES string of the molecule is Nn1c(SC2CCCCC2O)nnc1-c1ccccc1. The molecule has 1 aliphatic carbocycles. The van der Waals surface area contributed by atoms with Gasteiger partial charge in [0.05, 0.1) is 6.10 Å². The highest BCUT2D eigenvalue weighted by Gasteiger charge is 2.26. The number of aliphatic hydroxyl groups is 1. The van der Waals surface area contributed by atoms with Crippen LogP contribution in [0.5, 0.6) is 0 Å². The summed E-state index contributed by atoms with van der Waals surface area (Å²) in [6.07, 6.45) is 3.84. The van der Waals surface area contributed by atoms with E-state index in [2.05, 4.69) is 10.2 Å². The molecule has 5 nitrogen and oxygen atoms in total. The van der Waals surface area contributed by atoms with E-state index < -0.39 is 0 Å². The predicted octanol–water partition coefficient (Wildman–Crippen LogP) is 2.05. The molecule has 106 valence electrons. The summed E-state index contributed by atoms with van der Waals surface area (Å²) in [5.74, 6) is 6.74. The maximum Gasteiger partial charge on any atom is 0.210 e. The van der Waals surface area contributed by atoms with Crippen LogP contribution >= 0.6 is 11.8 Å². The predicted molar refractivity (Wildman–Crippen MR) is 79.7 cm³/mol. The average Bonchev–Trinajstić information content (AvgIpc) is 2.84. The van der Waals surface area contributed by atoms with Gasteiger partial charge in [-0.3, -0.25) is 0 Å². The Kier molecular flexibility index (Phi) is 3.93. The van der Waals surface area contributed by atoms with Gasteiger partial charge in [-0.15, -0.1) is 10.2 Å². The lowest BCUT2D eigenvalue weighted by Crippen LogP contribution is -2.27. The summed E-state index contributed by atoms with van der Waals surface area (Å²) in [5, 5.41) is 19.2. The van der Waals surface area contributed by atoms with E-state index in [4.69, 9.17) is 5.84 Å². The third-order valence-electron chi connectivity index (χ3n) is 3.62. The topological polar surface area (TPSA) is 77.0 Å². The first kappa shape index (κ1) is 13.5. The van der Waals surface area contributed by atoms with Gasteiger partial charge in [-0.2, -0.15) is 0 Å². The molecule has 2 unspecified atom stereocenters. The fourth-order valence-electron chi connectivity index (χ4n) is 2.49. The van der Waals surface area contributed by atoms with Gasteiger partial charge in [0.15, 0.2) is 5.82 Å². The number of benzene rings is 1. The first-order valence-corrected chi connectivity index (χ1v) is 7.74. The van der Waals surface area contributed by atoms with Gasteiger partial charge < -0.3 is 10.9 Å². The Hall–Kier alpha value is -1.53. The van der Waals surface area contributed by atoms with Crippen molar-refractivity contribution in [2.24, 2.45) is 0 Å². The van der Waals surface area contributed by atoms with Crippen molar-refractivity contribution < 1.29 is 5.11 Å².